The first kappa shape index (κ1) is 15.3. The van der Waals surface area contributed by atoms with Crippen LogP contribution in [0.3, 0.4) is 0 Å². The van der Waals surface area contributed by atoms with Gasteiger partial charge in [0.15, 0.2) is 0 Å². The van der Waals surface area contributed by atoms with E-state index in [0.717, 1.165) is 5.56 Å². The number of anilines is 1. The fourth-order valence-electron chi connectivity index (χ4n) is 1.77. The number of halogens is 2. The molecule has 0 aliphatic carbocycles. The molecule has 0 saturated carbocycles. The molecule has 0 spiro atoms. The maximum atomic E-state index is 12.2. The minimum absolute atomic E-state index is 0.0385. The van der Waals surface area contributed by atoms with Crippen LogP contribution in [-0.4, -0.2) is 12.5 Å². The number of alkyl halides is 2. The second-order valence-corrected chi connectivity index (χ2v) is 4.87. The van der Waals surface area contributed by atoms with Crippen molar-refractivity contribution in [1.82, 2.24) is 0 Å². The predicted molar refractivity (Wildman–Crippen MR) is 79.5 cm³/mol. The van der Waals surface area contributed by atoms with Crippen LogP contribution in [0.1, 0.15) is 15.9 Å². The Morgan fingerprint density at radius 1 is 1.19 bits per heavy atom. The molecule has 0 unspecified atom stereocenters. The minimum Gasteiger partial charge on any atom is -0.435 e. The third kappa shape index (κ3) is 4.19. The lowest BCUT2D eigenvalue weighted by Crippen LogP contribution is -2.13. The van der Waals surface area contributed by atoms with Gasteiger partial charge in [0.1, 0.15) is 5.75 Å². The summed E-state index contributed by atoms with van der Waals surface area (Å²) in [7, 11) is 0. The maximum absolute atomic E-state index is 12.2. The van der Waals surface area contributed by atoms with Gasteiger partial charge in [-0.3, -0.25) is 4.79 Å². The Bertz CT molecular complexity index is 645. The number of nitrogens with one attached hydrogen (secondary N) is 1. The summed E-state index contributed by atoms with van der Waals surface area (Å²) >= 11 is 4.20. The van der Waals surface area contributed by atoms with Crippen LogP contribution in [0, 0.1) is 6.92 Å². The number of carbonyl (C=O) groups is 1. The summed E-state index contributed by atoms with van der Waals surface area (Å²) in [6.45, 7) is -1.05. The summed E-state index contributed by atoms with van der Waals surface area (Å²) in [5.41, 5.74) is 1.82. The van der Waals surface area contributed by atoms with E-state index in [9.17, 15) is 13.6 Å². The molecule has 0 atom stereocenters. The zero-order valence-electron chi connectivity index (χ0n) is 11.1. The van der Waals surface area contributed by atoms with Gasteiger partial charge < -0.3 is 10.1 Å². The molecule has 110 valence electrons. The number of ether oxygens (including phenoxy) is 1. The highest BCUT2D eigenvalue weighted by atomic mass is 32.1. The van der Waals surface area contributed by atoms with E-state index < -0.39 is 6.61 Å². The summed E-state index contributed by atoms with van der Waals surface area (Å²) in [6.07, 6.45) is 0. The van der Waals surface area contributed by atoms with Gasteiger partial charge in [-0.2, -0.15) is 8.78 Å². The van der Waals surface area contributed by atoms with Crippen LogP contribution in [0.15, 0.2) is 47.4 Å². The Morgan fingerprint density at radius 2 is 1.86 bits per heavy atom. The minimum atomic E-state index is -2.87. The molecule has 0 aliphatic heterocycles. The van der Waals surface area contributed by atoms with E-state index in [4.69, 9.17) is 0 Å². The van der Waals surface area contributed by atoms with Gasteiger partial charge in [-0.15, -0.1) is 12.6 Å². The highest BCUT2D eigenvalue weighted by Gasteiger charge is 2.10. The Kier molecular flexibility index (Phi) is 4.80. The van der Waals surface area contributed by atoms with Crippen LogP contribution < -0.4 is 10.1 Å². The van der Waals surface area contributed by atoms with Gasteiger partial charge in [-0.1, -0.05) is 6.07 Å². The van der Waals surface area contributed by atoms with E-state index in [2.05, 4.69) is 22.7 Å². The topological polar surface area (TPSA) is 38.3 Å². The number of thiol groups is 1. The molecule has 0 saturated heterocycles. The van der Waals surface area contributed by atoms with E-state index in [1.54, 1.807) is 18.2 Å². The lowest BCUT2D eigenvalue weighted by Gasteiger charge is -2.09. The summed E-state index contributed by atoms with van der Waals surface area (Å²) in [4.78, 5) is 12.8. The summed E-state index contributed by atoms with van der Waals surface area (Å²) in [6, 6.07) is 11.0. The molecule has 1 N–H and O–H groups in total. The molecule has 1 amide bonds. The molecule has 0 fully saturated rings. The smallest absolute Gasteiger partial charge is 0.387 e. The lowest BCUT2D eigenvalue weighted by atomic mass is 10.1. The monoisotopic (exact) mass is 309 g/mol. The van der Waals surface area contributed by atoms with Crippen LogP contribution in [-0.2, 0) is 0 Å². The first-order valence-corrected chi connectivity index (χ1v) is 6.56. The normalized spacial score (nSPS) is 10.5. The molecule has 0 aliphatic rings. The van der Waals surface area contributed by atoms with Crippen molar-refractivity contribution >= 4 is 24.2 Å². The summed E-state index contributed by atoms with van der Waals surface area (Å²) in [5, 5.41) is 2.69. The number of hydrogen-bond acceptors (Lipinski definition) is 3. The SMILES string of the molecule is Cc1ccc(S)cc1C(=O)Nc1ccc(OC(F)F)cc1. The molecule has 2 rings (SSSR count). The maximum Gasteiger partial charge on any atom is 0.387 e. The molecule has 0 heterocycles. The molecule has 0 radical (unpaired) electrons. The molecule has 21 heavy (non-hydrogen) atoms. The zero-order chi connectivity index (χ0) is 15.4. The highest BCUT2D eigenvalue weighted by Crippen LogP contribution is 2.20. The molecular weight excluding hydrogens is 296 g/mol. The number of aryl methyl sites for hydroxylation is 1. The first-order valence-electron chi connectivity index (χ1n) is 6.11. The lowest BCUT2D eigenvalue weighted by molar-refractivity contribution is -0.0498. The third-order valence-corrected chi connectivity index (χ3v) is 3.08. The first-order chi connectivity index (χ1) is 9.95. The molecule has 3 nitrogen and oxygen atoms in total. The van der Waals surface area contributed by atoms with E-state index in [0.29, 0.717) is 16.1 Å². The van der Waals surface area contributed by atoms with Crippen molar-refractivity contribution in [2.24, 2.45) is 0 Å². The Morgan fingerprint density at radius 3 is 2.48 bits per heavy atom. The van der Waals surface area contributed by atoms with Crippen LogP contribution in [0.2, 0.25) is 0 Å². The average molecular weight is 309 g/mol. The average Bonchev–Trinajstić information content (AvgIpc) is 2.43. The van der Waals surface area contributed by atoms with Crippen molar-refractivity contribution in [2.75, 3.05) is 5.32 Å². The van der Waals surface area contributed by atoms with Crippen molar-refractivity contribution in [1.29, 1.82) is 0 Å². The molecule has 2 aromatic carbocycles. The fourth-order valence-corrected chi connectivity index (χ4v) is 1.98. The largest absolute Gasteiger partial charge is 0.435 e. The Balaban J connectivity index is 2.10. The van der Waals surface area contributed by atoms with Crippen molar-refractivity contribution in [2.45, 2.75) is 18.4 Å². The number of carbonyl (C=O) groups excluding carboxylic acids is 1. The Labute approximate surface area is 126 Å². The van der Waals surface area contributed by atoms with Crippen LogP contribution in [0.25, 0.3) is 0 Å². The van der Waals surface area contributed by atoms with Gasteiger partial charge in [-0.25, -0.2) is 0 Å². The van der Waals surface area contributed by atoms with Crippen molar-refractivity contribution in [3.8, 4) is 5.75 Å². The van der Waals surface area contributed by atoms with E-state index in [1.807, 2.05) is 6.92 Å². The van der Waals surface area contributed by atoms with Crippen LogP contribution >= 0.6 is 12.6 Å². The standard InChI is InChI=1S/C15H13F2NO2S/c1-9-2-7-12(21)8-13(9)14(19)18-10-3-5-11(6-4-10)20-15(16)17/h2-8,15,21H,1H3,(H,18,19). The van der Waals surface area contributed by atoms with Crippen LogP contribution in [0.5, 0.6) is 5.75 Å². The third-order valence-electron chi connectivity index (χ3n) is 2.80. The van der Waals surface area contributed by atoms with Gasteiger partial charge in [0.2, 0.25) is 0 Å². The van der Waals surface area contributed by atoms with Gasteiger partial charge in [0, 0.05) is 16.1 Å². The number of benzene rings is 2. The van der Waals surface area contributed by atoms with Crippen molar-refractivity contribution < 1.29 is 18.3 Å². The van der Waals surface area contributed by atoms with Gasteiger partial charge >= 0.3 is 6.61 Å². The van der Waals surface area contributed by atoms with Gasteiger partial charge in [0.05, 0.1) is 0 Å². The van der Waals surface area contributed by atoms with E-state index >= 15 is 0 Å². The number of amides is 1. The second kappa shape index (κ2) is 6.58. The van der Waals surface area contributed by atoms with Gasteiger partial charge in [-0.05, 0) is 48.9 Å². The highest BCUT2D eigenvalue weighted by molar-refractivity contribution is 7.80. The molecule has 6 heteroatoms. The molecule has 0 aromatic heterocycles. The molecule has 2 aromatic rings. The summed E-state index contributed by atoms with van der Waals surface area (Å²) in [5.74, 6) is -0.248. The van der Waals surface area contributed by atoms with E-state index in [1.165, 1.54) is 24.3 Å². The van der Waals surface area contributed by atoms with Crippen molar-refractivity contribution in [3.63, 3.8) is 0 Å². The molecular formula is C15H13F2NO2S. The van der Waals surface area contributed by atoms with Gasteiger partial charge in [0.25, 0.3) is 5.91 Å². The zero-order valence-corrected chi connectivity index (χ0v) is 12.0. The molecule has 0 bridgehead atoms. The van der Waals surface area contributed by atoms with Crippen molar-refractivity contribution in [3.05, 3.63) is 53.6 Å². The van der Waals surface area contributed by atoms with Crippen LogP contribution in [0.4, 0.5) is 14.5 Å². The Hall–Kier alpha value is -2.08. The summed E-state index contributed by atoms with van der Waals surface area (Å²) < 4.78 is 28.3. The number of rotatable bonds is 4. The second-order valence-electron chi connectivity index (χ2n) is 4.36. The van der Waals surface area contributed by atoms with E-state index in [-0.39, 0.29) is 11.7 Å². The fraction of sp³-hybridized carbons (Fsp3) is 0.133. The predicted octanol–water partition coefficient (Wildman–Crippen LogP) is 4.14. The number of hydrogen-bond donors (Lipinski definition) is 2. The quantitative estimate of drug-likeness (QED) is 0.833.